The predicted octanol–water partition coefficient (Wildman–Crippen LogP) is 0.226. The Balaban J connectivity index is 1.96. The molecule has 2 rings (SSSR count). The molecule has 0 aliphatic carbocycles. The van der Waals surface area contributed by atoms with E-state index in [2.05, 4.69) is 15.8 Å². The number of ether oxygens (including phenoxy) is 2. The lowest BCUT2D eigenvalue weighted by Crippen LogP contribution is -2.21. The lowest BCUT2D eigenvalue weighted by molar-refractivity contribution is 0.336. The molecule has 6 heteroatoms. The zero-order valence-corrected chi connectivity index (χ0v) is 9.68. The van der Waals surface area contributed by atoms with Crippen LogP contribution >= 0.6 is 0 Å². The Morgan fingerprint density at radius 3 is 2.94 bits per heavy atom. The van der Waals surface area contributed by atoms with Crippen LogP contribution in [0, 0.1) is 0 Å². The van der Waals surface area contributed by atoms with Crippen LogP contribution < -0.4 is 15.5 Å². The van der Waals surface area contributed by atoms with Crippen molar-refractivity contribution in [2.75, 3.05) is 14.2 Å². The summed E-state index contributed by atoms with van der Waals surface area (Å²) in [6.07, 6.45) is 1.42. The molecule has 1 aliphatic rings. The second-order valence-corrected chi connectivity index (χ2v) is 3.55. The molecule has 1 heterocycles. The van der Waals surface area contributed by atoms with Crippen molar-refractivity contribution in [3.8, 4) is 11.5 Å². The molecular formula is C11H15N3O3. The molecule has 6 nitrogen and oxygen atoms in total. The summed E-state index contributed by atoms with van der Waals surface area (Å²) in [5.74, 6) is 0.493. The average Bonchev–Trinajstić information content (AvgIpc) is 3.10. The number of hydrogen-bond acceptors (Lipinski definition) is 6. The number of hydrazone groups is 1. The van der Waals surface area contributed by atoms with Gasteiger partial charge in [0.25, 0.3) is 0 Å². The molecule has 1 aromatic rings. The van der Waals surface area contributed by atoms with Crippen molar-refractivity contribution in [2.45, 2.75) is 12.5 Å². The monoisotopic (exact) mass is 237 g/mol. The first-order valence-electron chi connectivity index (χ1n) is 5.23. The van der Waals surface area contributed by atoms with Gasteiger partial charge in [-0.05, 0) is 19.2 Å². The van der Waals surface area contributed by atoms with Crippen LogP contribution in [-0.2, 0) is 4.74 Å². The molecule has 1 aliphatic heterocycles. The number of para-hydroxylation sites is 1. The first-order chi connectivity index (χ1) is 8.26. The fraction of sp³-hybridized carbons (Fsp3) is 0.364. The van der Waals surface area contributed by atoms with E-state index in [1.54, 1.807) is 18.2 Å². The third kappa shape index (κ3) is 2.66. The SMILES string of the molecule is CNC1OC1N/N=C/c1cccc(OC)c1O. The zero-order valence-electron chi connectivity index (χ0n) is 9.68. The highest BCUT2D eigenvalue weighted by Crippen LogP contribution is 2.27. The molecule has 3 N–H and O–H groups in total. The largest absolute Gasteiger partial charge is 0.504 e. The summed E-state index contributed by atoms with van der Waals surface area (Å²) < 4.78 is 10.1. The third-order valence-electron chi connectivity index (χ3n) is 2.43. The Hall–Kier alpha value is -1.79. The number of likely N-dealkylation sites (N-methyl/N-ethyl adjacent to an activating group) is 1. The van der Waals surface area contributed by atoms with Gasteiger partial charge in [-0.3, -0.25) is 10.7 Å². The minimum absolute atomic E-state index is 0.00561. The van der Waals surface area contributed by atoms with Crippen molar-refractivity contribution in [3.63, 3.8) is 0 Å². The van der Waals surface area contributed by atoms with Crippen LogP contribution in [0.25, 0.3) is 0 Å². The van der Waals surface area contributed by atoms with Gasteiger partial charge in [0.2, 0.25) is 0 Å². The molecule has 2 unspecified atom stereocenters. The van der Waals surface area contributed by atoms with Gasteiger partial charge in [-0.1, -0.05) is 6.07 Å². The van der Waals surface area contributed by atoms with Crippen LogP contribution in [0.15, 0.2) is 23.3 Å². The molecule has 2 atom stereocenters. The Morgan fingerprint density at radius 2 is 2.29 bits per heavy atom. The average molecular weight is 237 g/mol. The topological polar surface area (TPSA) is 78.4 Å². The van der Waals surface area contributed by atoms with Gasteiger partial charge in [0.1, 0.15) is 0 Å². The predicted molar refractivity (Wildman–Crippen MR) is 63.1 cm³/mol. The van der Waals surface area contributed by atoms with E-state index in [1.807, 2.05) is 7.05 Å². The quantitative estimate of drug-likeness (QED) is 0.388. The summed E-state index contributed by atoms with van der Waals surface area (Å²) in [6, 6.07) is 5.21. The fourth-order valence-electron chi connectivity index (χ4n) is 1.42. The highest BCUT2D eigenvalue weighted by molar-refractivity contribution is 5.84. The first-order valence-corrected chi connectivity index (χ1v) is 5.23. The highest BCUT2D eigenvalue weighted by atomic mass is 16.6. The number of nitrogens with one attached hydrogen (secondary N) is 2. The van der Waals surface area contributed by atoms with E-state index in [-0.39, 0.29) is 18.2 Å². The van der Waals surface area contributed by atoms with Crippen molar-refractivity contribution in [1.29, 1.82) is 0 Å². The molecular weight excluding hydrogens is 222 g/mol. The van der Waals surface area contributed by atoms with Crippen molar-refractivity contribution in [3.05, 3.63) is 23.8 Å². The van der Waals surface area contributed by atoms with Crippen LogP contribution in [0.2, 0.25) is 0 Å². The number of phenols is 1. The zero-order chi connectivity index (χ0) is 12.3. The second kappa shape index (κ2) is 5.03. The summed E-state index contributed by atoms with van der Waals surface area (Å²) in [6.45, 7) is 0. The van der Waals surface area contributed by atoms with Gasteiger partial charge in [0.05, 0.1) is 13.3 Å². The summed E-state index contributed by atoms with van der Waals surface area (Å²) in [4.78, 5) is 0. The van der Waals surface area contributed by atoms with Crippen LogP contribution in [0.5, 0.6) is 11.5 Å². The molecule has 1 saturated heterocycles. The van der Waals surface area contributed by atoms with E-state index in [0.29, 0.717) is 11.3 Å². The smallest absolute Gasteiger partial charge is 0.184 e. The lowest BCUT2D eigenvalue weighted by atomic mass is 10.2. The molecule has 0 spiro atoms. The number of hydrogen-bond donors (Lipinski definition) is 3. The third-order valence-corrected chi connectivity index (χ3v) is 2.43. The maximum absolute atomic E-state index is 9.78. The Kier molecular flexibility index (Phi) is 3.46. The molecule has 0 aromatic heterocycles. The van der Waals surface area contributed by atoms with Gasteiger partial charge in [-0.15, -0.1) is 0 Å². The van der Waals surface area contributed by atoms with Crippen LogP contribution in [-0.4, -0.2) is 37.9 Å². The normalized spacial score (nSPS) is 22.7. The van der Waals surface area contributed by atoms with Crippen molar-refractivity contribution in [1.82, 2.24) is 10.7 Å². The Bertz CT molecular complexity index is 422. The summed E-state index contributed by atoms with van der Waals surface area (Å²) in [5.41, 5.74) is 3.39. The lowest BCUT2D eigenvalue weighted by Gasteiger charge is -2.04. The first kappa shape index (κ1) is 11.7. The van der Waals surface area contributed by atoms with Gasteiger partial charge in [-0.25, -0.2) is 0 Å². The molecule has 0 radical (unpaired) electrons. The standard InChI is InChI=1S/C11H15N3O3/c1-12-10-11(17-10)14-13-6-7-4-3-5-8(16-2)9(7)15/h3-6,10-12,14-15H,1-2H3/b13-6+. The Labute approximate surface area is 99.2 Å². The van der Waals surface area contributed by atoms with E-state index >= 15 is 0 Å². The maximum Gasteiger partial charge on any atom is 0.184 e. The number of epoxide rings is 1. The molecule has 17 heavy (non-hydrogen) atoms. The number of methoxy groups -OCH3 is 1. The molecule has 0 amide bonds. The number of benzene rings is 1. The van der Waals surface area contributed by atoms with Gasteiger partial charge < -0.3 is 14.6 Å². The van der Waals surface area contributed by atoms with Gasteiger partial charge in [-0.2, -0.15) is 5.10 Å². The molecule has 0 bridgehead atoms. The minimum atomic E-state index is -0.107. The van der Waals surface area contributed by atoms with Crippen LogP contribution in [0.4, 0.5) is 0 Å². The van der Waals surface area contributed by atoms with E-state index in [4.69, 9.17) is 9.47 Å². The Morgan fingerprint density at radius 1 is 1.47 bits per heavy atom. The van der Waals surface area contributed by atoms with E-state index in [0.717, 1.165) is 0 Å². The highest BCUT2D eigenvalue weighted by Gasteiger charge is 2.37. The number of aromatic hydroxyl groups is 1. The molecule has 0 saturated carbocycles. The molecule has 1 fully saturated rings. The van der Waals surface area contributed by atoms with Crippen molar-refractivity contribution >= 4 is 6.21 Å². The van der Waals surface area contributed by atoms with Crippen molar-refractivity contribution in [2.24, 2.45) is 5.10 Å². The molecule has 1 aromatic carbocycles. The van der Waals surface area contributed by atoms with Gasteiger partial charge in [0.15, 0.2) is 24.0 Å². The second-order valence-electron chi connectivity index (χ2n) is 3.55. The van der Waals surface area contributed by atoms with Crippen LogP contribution in [0.3, 0.4) is 0 Å². The molecule has 92 valence electrons. The van der Waals surface area contributed by atoms with Gasteiger partial charge >= 0.3 is 0 Å². The van der Waals surface area contributed by atoms with E-state index < -0.39 is 0 Å². The number of rotatable bonds is 5. The summed E-state index contributed by atoms with van der Waals surface area (Å²) in [5, 5.41) is 16.7. The fourth-order valence-corrected chi connectivity index (χ4v) is 1.42. The number of nitrogens with zero attached hydrogens (tertiary/aromatic N) is 1. The van der Waals surface area contributed by atoms with E-state index in [9.17, 15) is 5.11 Å². The van der Waals surface area contributed by atoms with E-state index in [1.165, 1.54) is 13.3 Å². The summed E-state index contributed by atoms with van der Waals surface area (Å²) >= 11 is 0. The minimum Gasteiger partial charge on any atom is -0.504 e. The van der Waals surface area contributed by atoms with Gasteiger partial charge in [0, 0.05) is 5.56 Å². The maximum atomic E-state index is 9.78. The van der Waals surface area contributed by atoms with Crippen molar-refractivity contribution < 1.29 is 14.6 Å². The van der Waals surface area contributed by atoms with Crippen LogP contribution in [0.1, 0.15) is 5.56 Å². The summed E-state index contributed by atoms with van der Waals surface area (Å²) in [7, 11) is 3.31. The number of phenolic OH excluding ortho intramolecular Hbond substituents is 1.